The van der Waals surface area contributed by atoms with E-state index in [0.717, 1.165) is 25.0 Å². The largest absolute Gasteiger partial charge is 0.383 e. The van der Waals surface area contributed by atoms with E-state index < -0.39 is 26.6 Å². The average molecular weight is 442 g/mol. The number of methoxy groups -OCH3 is 1. The average Bonchev–Trinajstić information content (AvgIpc) is 3.49. The first-order valence-corrected chi connectivity index (χ1v) is 11.4. The lowest BCUT2D eigenvalue weighted by Gasteiger charge is -2.31. The molecule has 1 aromatic carbocycles. The lowest BCUT2D eigenvalue weighted by Crippen LogP contribution is -2.40. The normalized spacial score (nSPS) is 20.6. The van der Waals surface area contributed by atoms with Gasteiger partial charge in [-0.15, -0.1) is 0 Å². The van der Waals surface area contributed by atoms with E-state index in [2.05, 4.69) is 5.10 Å². The molecule has 30 heavy (non-hydrogen) atoms. The van der Waals surface area contributed by atoms with Gasteiger partial charge >= 0.3 is 5.69 Å². The van der Waals surface area contributed by atoms with Gasteiger partial charge in [0.15, 0.2) is 0 Å². The lowest BCUT2D eigenvalue weighted by atomic mass is 9.99. The summed E-state index contributed by atoms with van der Waals surface area (Å²) in [5.41, 5.74) is -0.214. The van der Waals surface area contributed by atoms with Crippen LogP contribution in [0.4, 0.5) is 8.78 Å². The minimum absolute atomic E-state index is 0.0883. The van der Waals surface area contributed by atoms with Crippen LogP contribution in [0.3, 0.4) is 0 Å². The molecule has 1 saturated carbocycles. The molecular weight excluding hydrogens is 418 g/mol. The van der Waals surface area contributed by atoms with Gasteiger partial charge in [-0.1, -0.05) is 0 Å². The number of ether oxygens (including phenoxy) is 1. The summed E-state index contributed by atoms with van der Waals surface area (Å²) in [4.78, 5) is 12.2. The van der Waals surface area contributed by atoms with E-state index in [1.54, 1.807) is 11.7 Å². The molecular formula is C19H24F2N4O4S. The second kappa shape index (κ2) is 8.20. The van der Waals surface area contributed by atoms with Crippen LogP contribution in [0, 0.1) is 11.6 Å². The van der Waals surface area contributed by atoms with Crippen LogP contribution in [0.5, 0.6) is 0 Å². The molecule has 0 bridgehead atoms. The third-order valence-corrected chi connectivity index (χ3v) is 7.48. The number of rotatable bonds is 7. The third kappa shape index (κ3) is 3.93. The maximum atomic E-state index is 14.2. The first-order chi connectivity index (χ1) is 14.3. The fraction of sp³-hybridized carbons (Fsp3) is 0.579. The second-order valence-electron chi connectivity index (χ2n) is 7.73. The quantitative estimate of drug-likeness (QED) is 0.654. The van der Waals surface area contributed by atoms with E-state index in [4.69, 9.17) is 4.74 Å². The zero-order valence-corrected chi connectivity index (χ0v) is 17.4. The number of halogens is 2. The zero-order valence-electron chi connectivity index (χ0n) is 16.6. The number of hydrogen-bond acceptors (Lipinski definition) is 5. The van der Waals surface area contributed by atoms with Gasteiger partial charge in [0.1, 0.15) is 22.4 Å². The minimum atomic E-state index is -4.14. The molecule has 8 nitrogen and oxygen atoms in total. The van der Waals surface area contributed by atoms with Crippen molar-refractivity contribution in [3.63, 3.8) is 0 Å². The topological polar surface area (TPSA) is 86.4 Å². The molecule has 4 rings (SSSR count). The molecule has 1 aliphatic carbocycles. The molecule has 1 atom stereocenters. The fourth-order valence-corrected chi connectivity index (χ4v) is 5.48. The summed E-state index contributed by atoms with van der Waals surface area (Å²) in [6.07, 6.45) is 3.00. The van der Waals surface area contributed by atoms with Crippen molar-refractivity contribution in [2.45, 2.75) is 49.1 Å². The van der Waals surface area contributed by atoms with Gasteiger partial charge in [-0.3, -0.25) is 4.57 Å². The highest BCUT2D eigenvalue weighted by Gasteiger charge is 2.37. The van der Waals surface area contributed by atoms with Crippen LogP contribution in [-0.4, -0.2) is 53.9 Å². The predicted molar refractivity (Wildman–Crippen MR) is 104 cm³/mol. The molecule has 0 radical (unpaired) electrons. The van der Waals surface area contributed by atoms with E-state index in [1.165, 1.54) is 8.99 Å². The van der Waals surface area contributed by atoms with Crippen LogP contribution < -0.4 is 5.69 Å². The van der Waals surface area contributed by atoms with Crippen LogP contribution in [-0.2, 0) is 21.3 Å². The molecule has 1 saturated heterocycles. The first-order valence-electron chi connectivity index (χ1n) is 9.96. The monoisotopic (exact) mass is 442 g/mol. The summed E-state index contributed by atoms with van der Waals surface area (Å²) in [5.74, 6) is -1.67. The Morgan fingerprint density at radius 1 is 1.23 bits per heavy atom. The second-order valence-corrected chi connectivity index (χ2v) is 9.64. The van der Waals surface area contributed by atoms with E-state index >= 15 is 0 Å². The van der Waals surface area contributed by atoms with Crippen LogP contribution in [0.15, 0.2) is 27.9 Å². The standard InChI is InChI=1S/C19H24F2N4O4S/c1-29-10-9-24-19(26)25(15-5-6-15)18(22-24)13-3-2-8-23(12-13)30(27,28)17-7-4-14(20)11-16(17)21/h4,7,11,13,15H,2-3,5-6,8-10,12H2,1H3. The molecule has 2 aliphatic rings. The Morgan fingerprint density at radius 2 is 2.00 bits per heavy atom. The van der Waals surface area contributed by atoms with Crippen LogP contribution in [0.1, 0.15) is 43.5 Å². The van der Waals surface area contributed by atoms with Crippen molar-refractivity contribution in [1.29, 1.82) is 0 Å². The molecule has 11 heteroatoms. The van der Waals surface area contributed by atoms with Crippen LogP contribution in [0.2, 0.25) is 0 Å². The van der Waals surface area contributed by atoms with Crippen molar-refractivity contribution in [3.8, 4) is 0 Å². The van der Waals surface area contributed by atoms with Gasteiger partial charge < -0.3 is 4.74 Å². The fourth-order valence-electron chi connectivity index (χ4n) is 3.91. The minimum Gasteiger partial charge on any atom is -0.383 e. The molecule has 1 unspecified atom stereocenters. The van der Waals surface area contributed by atoms with Gasteiger partial charge in [-0.25, -0.2) is 26.7 Å². The number of aromatic nitrogens is 3. The van der Waals surface area contributed by atoms with E-state index in [-0.39, 0.29) is 30.7 Å². The molecule has 1 aliphatic heterocycles. The Labute approximate surface area is 173 Å². The molecule has 164 valence electrons. The number of benzene rings is 1. The molecule has 1 aromatic heterocycles. The Bertz CT molecular complexity index is 1090. The highest BCUT2D eigenvalue weighted by Crippen LogP contribution is 2.38. The van der Waals surface area contributed by atoms with Crippen molar-refractivity contribution in [3.05, 3.63) is 46.1 Å². The Balaban J connectivity index is 1.64. The zero-order chi connectivity index (χ0) is 21.5. The number of piperidine rings is 1. The van der Waals surface area contributed by atoms with Crippen LogP contribution >= 0.6 is 0 Å². The summed E-state index contributed by atoms with van der Waals surface area (Å²) >= 11 is 0. The van der Waals surface area contributed by atoms with E-state index in [0.29, 0.717) is 37.9 Å². The number of hydrogen-bond donors (Lipinski definition) is 0. The van der Waals surface area contributed by atoms with Gasteiger partial charge in [0.25, 0.3) is 0 Å². The van der Waals surface area contributed by atoms with Crippen LogP contribution in [0.25, 0.3) is 0 Å². The Morgan fingerprint density at radius 3 is 2.67 bits per heavy atom. The predicted octanol–water partition coefficient (Wildman–Crippen LogP) is 1.87. The van der Waals surface area contributed by atoms with E-state index in [1.807, 2.05) is 0 Å². The molecule has 2 aromatic rings. The highest BCUT2D eigenvalue weighted by atomic mass is 32.2. The molecule has 0 amide bonds. The molecule has 2 fully saturated rings. The van der Waals surface area contributed by atoms with Gasteiger partial charge in [0, 0.05) is 38.2 Å². The lowest BCUT2D eigenvalue weighted by molar-refractivity contribution is 0.182. The Hall–Kier alpha value is -2.11. The van der Waals surface area contributed by atoms with Crippen molar-refractivity contribution >= 4 is 10.0 Å². The summed E-state index contributed by atoms with van der Waals surface area (Å²) in [6, 6.07) is 2.53. The molecule has 0 spiro atoms. The van der Waals surface area contributed by atoms with Crippen molar-refractivity contribution in [2.24, 2.45) is 0 Å². The summed E-state index contributed by atoms with van der Waals surface area (Å²) in [7, 11) is -2.59. The van der Waals surface area contributed by atoms with Crippen molar-refractivity contribution < 1.29 is 21.9 Å². The van der Waals surface area contributed by atoms with Gasteiger partial charge in [0.2, 0.25) is 10.0 Å². The molecule has 0 N–H and O–H groups in total. The summed E-state index contributed by atoms with van der Waals surface area (Å²) < 4.78 is 62.6. The van der Waals surface area contributed by atoms with Gasteiger partial charge in [0.05, 0.1) is 13.2 Å². The SMILES string of the molecule is COCCn1nc(C2CCCN(S(=O)(=O)c3ccc(F)cc3F)C2)n(C2CC2)c1=O. The first kappa shape index (κ1) is 21.1. The van der Waals surface area contributed by atoms with Crippen molar-refractivity contribution in [2.75, 3.05) is 26.8 Å². The molecule has 2 heterocycles. The summed E-state index contributed by atoms with van der Waals surface area (Å²) in [6.45, 7) is 0.980. The maximum Gasteiger partial charge on any atom is 0.346 e. The van der Waals surface area contributed by atoms with E-state index in [9.17, 15) is 22.0 Å². The smallest absolute Gasteiger partial charge is 0.346 e. The third-order valence-electron chi connectivity index (χ3n) is 5.58. The number of sulfonamides is 1. The van der Waals surface area contributed by atoms with Gasteiger partial charge in [-0.05, 0) is 37.8 Å². The Kier molecular flexibility index (Phi) is 5.78. The number of nitrogens with zero attached hydrogens (tertiary/aromatic N) is 4. The van der Waals surface area contributed by atoms with Gasteiger partial charge in [-0.2, -0.15) is 9.40 Å². The van der Waals surface area contributed by atoms with Crippen molar-refractivity contribution in [1.82, 2.24) is 18.7 Å². The summed E-state index contributed by atoms with van der Waals surface area (Å²) in [5, 5.41) is 4.49. The highest BCUT2D eigenvalue weighted by molar-refractivity contribution is 7.89. The maximum absolute atomic E-state index is 14.2.